The molecule has 0 aliphatic carbocycles. The van der Waals surface area contributed by atoms with E-state index in [4.69, 9.17) is 0 Å². The van der Waals surface area contributed by atoms with Gasteiger partial charge < -0.3 is 10.2 Å². The minimum absolute atomic E-state index is 0. The first-order valence-corrected chi connectivity index (χ1v) is 6.55. The van der Waals surface area contributed by atoms with Crippen molar-refractivity contribution in [1.82, 2.24) is 10.2 Å². The minimum Gasteiger partial charge on any atom is -0.335 e. The molecule has 1 aromatic rings. The Morgan fingerprint density at radius 3 is 2.47 bits per heavy atom. The van der Waals surface area contributed by atoms with Crippen LogP contribution in [0.2, 0.25) is 0 Å². The number of carbonyl (C=O) groups excluding carboxylic acids is 1. The Bertz CT molecular complexity index is 384. The van der Waals surface area contributed by atoms with Gasteiger partial charge in [-0.25, -0.2) is 0 Å². The molecule has 0 spiro atoms. The van der Waals surface area contributed by atoms with Gasteiger partial charge in [-0.1, -0.05) is 0 Å². The fourth-order valence-electron chi connectivity index (χ4n) is 2.23. The monoisotopic (exact) mass is 274 g/mol. The van der Waals surface area contributed by atoms with Gasteiger partial charge in [-0.3, -0.25) is 4.79 Å². The Balaban J connectivity index is 0.00000144. The number of piperazine rings is 1. The topological polar surface area (TPSA) is 32.3 Å². The van der Waals surface area contributed by atoms with Crippen LogP contribution in [-0.2, 0) is 0 Å². The van der Waals surface area contributed by atoms with Crippen molar-refractivity contribution >= 4 is 29.7 Å². The quantitative estimate of drug-likeness (QED) is 0.852. The fraction of sp³-hybridized carbons (Fsp3) is 0.583. The number of halogens is 1. The molecule has 2 unspecified atom stereocenters. The summed E-state index contributed by atoms with van der Waals surface area (Å²) in [6.07, 6.45) is 0. The summed E-state index contributed by atoms with van der Waals surface area (Å²) in [5, 5.41) is 5.42. The van der Waals surface area contributed by atoms with E-state index < -0.39 is 0 Å². The van der Waals surface area contributed by atoms with E-state index in [0.29, 0.717) is 12.1 Å². The van der Waals surface area contributed by atoms with Gasteiger partial charge in [-0.2, -0.15) is 0 Å². The summed E-state index contributed by atoms with van der Waals surface area (Å²) in [7, 11) is 0. The Labute approximate surface area is 113 Å². The number of rotatable bonds is 1. The van der Waals surface area contributed by atoms with Crippen LogP contribution >= 0.6 is 23.7 Å². The summed E-state index contributed by atoms with van der Waals surface area (Å²) in [5.74, 6) is 0.188. The molecule has 1 saturated heterocycles. The molecule has 3 nitrogen and oxygen atoms in total. The van der Waals surface area contributed by atoms with Crippen molar-refractivity contribution in [3.63, 3.8) is 0 Å². The van der Waals surface area contributed by atoms with Crippen LogP contribution < -0.4 is 5.32 Å². The normalized spacial score (nSPS) is 24.3. The van der Waals surface area contributed by atoms with Crippen LogP contribution in [0.3, 0.4) is 0 Å². The average Bonchev–Trinajstić information content (AvgIpc) is 2.62. The predicted octanol–water partition coefficient (Wildman–Crippen LogP) is 2.30. The van der Waals surface area contributed by atoms with E-state index in [-0.39, 0.29) is 18.3 Å². The van der Waals surface area contributed by atoms with E-state index >= 15 is 0 Å². The molecule has 2 heterocycles. The number of hydrogen-bond donors (Lipinski definition) is 1. The van der Waals surface area contributed by atoms with E-state index in [2.05, 4.69) is 19.2 Å². The summed E-state index contributed by atoms with van der Waals surface area (Å²) in [6.45, 7) is 7.86. The smallest absolute Gasteiger partial charge is 0.264 e. The van der Waals surface area contributed by atoms with E-state index in [1.54, 1.807) is 11.3 Å². The highest BCUT2D eigenvalue weighted by atomic mass is 35.5. The summed E-state index contributed by atoms with van der Waals surface area (Å²) < 4.78 is 0. The highest BCUT2D eigenvalue weighted by molar-refractivity contribution is 7.12. The maximum atomic E-state index is 12.3. The fourth-order valence-corrected chi connectivity index (χ4v) is 3.12. The zero-order valence-electron chi connectivity index (χ0n) is 10.4. The zero-order chi connectivity index (χ0) is 11.7. The lowest BCUT2D eigenvalue weighted by Crippen LogP contribution is -2.55. The number of nitrogens with one attached hydrogen (secondary N) is 1. The Morgan fingerprint density at radius 2 is 2.00 bits per heavy atom. The third-order valence-electron chi connectivity index (χ3n) is 2.90. The highest BCUT2D eigenvalue weighted by Crippen LogP contribution is 2.19. The van der Waals surface area contributed by atoms with Crippen LogP contribution in [0.15, 0.2) is 11.4 Å². The molecule has 0 aromatic carbocycles. The molecule has 1 N–H and O–H groups in total. The van der Waals surface area contributed by atoms with Crippen molar-refractivity contribution in [2.75, 3.05) is 13.1 Å². The standard InChI is InChI=1S/C12H18N2OS.ClH/c1-8-4-5-16-11(8)12(15)14-6-9(2)13-10(3)7-14;/h4-5,9-10,13H,6-7H2,1-3H3;1H. The second-order valence-corrected chi connectivity index (χ2v) is 5.53. The molecule has 0 radical (unpaired) electrons. The Kier molecular flexibility index (Phi) is 4.98. The summed E-state index contributed by atoms with van der Waals surface area (Å²) >= 11 is 1.54. The molecular weight excluding hydrogens is 256 g/mol. The number of hydrogen-bond acceptors (Lipinski definition) is 3. The van der Waals surface area contributed by atoms with Gasteiger partial charge in [0.05, 0.1) is 4.88 Å². The Morgan fingerprint density at radius 1 is 1.41 bits per heavy atom. The third-order valence-corrected chi connectivity index (χ3v) is 3.91. The second-order valence-electron chi connectivity index (χ2n) is 4.61. The van der Waals surface area contributed by atoms with Crippen molar-refractivity contribution in [1.29, 1.82) is 0 Å². The largest absolute Gasteiger partial charge is 0.335 e. The van der Waals surface area contributed by atoms with E-state index in [9.17, 15) is 4.79 Å². The van der Waals surface area contributed by atoms with Crippen molar-refractivity contribution in [2.45, 2.75) is 32.9 Å². The molecule has 5 heteroatoms. The van der Waals surface area contributed by atoms with Gasteiger partial charge in [0.2, 0.25) is 0 Å². The SMILES string of the molecule is Cc1ccsc1C(=O)N1CC(C)NC(C)C1.Cl. The van der Waals surface area contributed by atoms with Crippen LogP contribution in [0.25, 0.3) is 0 Å². The number of thiophene rings is 1. The van der Waals surface area contributed by atoms with Gasteiger partial charge in [0.25, 0.3) is 5.91 Å². The maximum Gasteiger partial charge on any atom is 0.264 e. The number of carbonyl (C=O) groups is 1. The van der Waals surface area contributed by atoms with Gasteiger partial charge in [-0.05, 0) is 37.8 Å². The molecule has 1 fully saturated rings. The van der Waals surface area contributed by atoms with Gasteiger partial charge in [0, 0.05) is 25.2 Å². The molecule has 1 aliphatic heterocycles. The van der Waals surface area contributed by atoms with Crippen LogP contribution in [0.1, 0.15) is 29.1 Å². The summed E-state index contributed by atoms with van der Waals surface area (Å²) in [4.78, 5) is 15.1. The molecule has 2 atom stereocenters. The average molecular weight is 275 g/mol. The number of aryl methyl sites for hydroxylation is 1. The summed E-state index contributed by atoms with van der Waals surface area (Å²) in [5.41, 5.74) is 1.09. The number of nitrogens with zero attached hydrogens (tertiary/aromatic N) is 1. The van der Waals surface area contributed by atoms with Crippen LogP contribution in [-0.4, -0.2) is 36.0 Å². The van der Waals surface area contributed by atoms with Crippen LogP contribution in [0.5, 0.6) is 0 Å². The van der Waals surface area contributed by atoms with Crippen molar-refractivity contribution in [3.05, 3.63) is 21.9 Å². The lowest BCUT2D eigenvalue weighted by atomic mass is 10.1. The molecule has 1 aliphatic rings. The van der Waals surface area contributed by atoms with Crippen LogP contribution in [0.4, 0.5) is 0 Å². The zero-order valence-corrected chi connectivity index (χ0v) is 12.0. The Hall–Kier alpha value is -0.580. The van der Waals surface area contributed by atoms with Gasteiger partial charge in [-0.15, -0.1) is 23.7 Å². The van der Waals surface area contributed by atoms with E-state index in [0.717, 1.165) is 23.5 Å². The maximum absolute atomic E-state index is 12.3. The van der Waals surface area contributed by atoms with Gasteiger partial charge in [0.15, 0.2) is 0 Å². The van der Waals surface area contributed by atoms with Crippen molar-refractivity contribution in [3.8, 4) is 0 Å². The molecule has 2 rings (SSSR count). The summed E-state index contributed by atoms with van der Waals surface area (Å²) in [6, 6.07) is 2.77. The lowest BCUT2D eigenvalue weighted by Gasteiger charge is -2.36. The van der Waals surface area contributed by atoms with Gasteiger partial charge >= 0.3 is 0 Å². The first kappa shape index (κ1) is 14.5. The second kappa shape index (κ2) is 5.85. The molecule has 0 saturated carbocycles. The molecular formula is C12H19ClN2OS. The predicted molar refractivity (Wildman–Crippen MR) is 74.3 cm³/mol. The highest BCUT2D eigenvalue weighted by Gasteiger charge is 2.26. The third kappa shape index (κ3) is 3.21. The lowest BCUT2D eigenvalue weighted by molar-refractivity contribution is 0.0678. The minimum atomic E-state index is 0. The number of amides is 1. The van der Waals surface area contributed by atoms with E-state index in [1.165, 1.54) is 0 Å². The van der Waals surface area contributed by atoms with Crippen molar-refractivity contribution < 1.29 is 4.79 Å². The van der Waals surface area contributed by atoms with Crippen molar-refractivity contribution in [2.24, 2.45) is 0 Å². The molecule has 1 amide bonds. The van der Waals surface area contributed by atoms with E-state index in [1.807, 2.05) is 23.3 Å². The molecule has 1 aromatic heterocycles. The molecule has 96 valence electrons. The van der Waals surface area contributed by atoms with Gasteiger partial charge in [0.1, 0.15) is 0 Å². The first-order valence-electron chi connectivity index (χ1n) is 5.67. The first-order chi connectivity index (χ1) is 7.58. The molecule has 0 bridgehead atoms. The van der Waals surface area contributed by atoms with Crippen LogP contribution in [0, 0.1) is 6.92 Å². The molecule has 17 heavy (non-hydrogen) atoms.